The molecule has 3 aromatic rings. The minimum absolute atomic E-state index is 0. The van der Waals surface area contributed by atoms with Crippen LogP contribution in [0.1, 0.15) is 24.0 Å². The number of benzene rings is 2. The van der Waals surface area contributed by atoms with Crippen LogP contribution in [-0.2, 0) is 17.9 Å². The van der Waals surface area contributed by atoms with E-state index >= 15 is 0 Å². The molecule has 0 aliphatic carbocycles. The van der Waals surface area contributed by atoms with E-state index in [1.807, 2.05) is 24.5 Å². The summed E-state index contributed by atoms with van der Waals surface area (Å²) < 4.78 is 2.15. The maximum absolute atomic E-state index is 12.0. The first-order valence-electron chi connectivity index (χ1n) is 8.78. The van der Waals surface area contributed by atoms with E-state index in [4.69, 9.17) is 0 Å². The highest BCUT2D eigenvalue weighted by Crippen LogP contribution is 2.14. The molecule has 0 saturated carbocycles. The summed E-state index contributed by atoms with van der Waals surface area (Å²) in [6.07, 6.45) is 3.90. The van der Waals surface area contributed by atoms with Crippen LogP contribution < -0.4 is 10.6 Å². The summed E-state index contributed by atoms with van der Waals surface area (Å²) in [5, 5.41) is 6.23. The smallest absolute Gasteiger partial charge is 0.237 e. The third kappa shape index (κ3) is 5.01. The molecule has 27 heavy (non-hydrogen) atoms. The van der Waals surface area contributed by atoms with Gasteiger partial charge in [0.15, 0.2) is 0 Å². The number of hydrogen-bond donors (Lipinski definition) is 2. The molecule has 0 bridgehead atoms. The number of fused-ring (bicyclic) bond motifs is 1. The number of aromatic nitrogens is 2. The molecule has 2 N–H and O–H groups in total. The van der Waals surface area contributed by atoms with Crippen LogP contribution in [0.15, 0.2) is 54.9 Å². The van der Waals surface area contributed by atoms with E-state index in [0.29, 0.717) is 6.54 Å². The predicted molar refractivity (Wildman–Crippen MR) is 113 cm³/mol. The van der Waals surface area contributed by atoms with Crippen molar-refractivity contribution in [2.45, 2.75) is 32.0 Å². The molecule has 1 atom stereocenters. The van der Waals surface area contributed by atoms with Gasteiger partial charge in [0.2, 0.25) is 5.91 Å². The molecular weight excluding hydrogens is 383 g/mol. The number of hydrogen-bond acceptors (Lipinski definition) is 3. The molecule has 144 valence electrons. The topological polar surface area (TPSA) is 59.0 Å². The van der Waals surface area contributed by atoms with Crippen molar-refractivity contribution in [1.29, 1.82) is 0 Å². The Bertz CT molecular complexity index is 873. The summed E-state index contributed by atoms with van der Waals surface area (Å²) in [6, 6.07) is 16.5. The highest BCUT2D eigenvalue weighted by molar-refractivity contribution is 5.85. The largest absolute Gasteiger partial charge is 0.351 e. The molecule has 0 spiro atoms. The summed E-state index contributed by atoms with van der Waals surface area (Å²) >= 11 is 0. The molecule has 1 fully saturated rings. The Labute approximate surface area is 171 Å². The van der Waals surface area contributed by atoms with Gasteiger partial charge >= 0.3 is 0 Å². The van der Waals surface area contributed by atoms with E-state index in [9.17, 15) is 4.79 Å². The third-order valence-electron chi connectivity index (χ3n) is 4.75. The molecule has 2 aromatic carbocycles. The molecule has 1 unspecified atom stereocenters. The molecule has 7 heteroatoms. The lowest BCUT2D eigenvalue weighted by molar-refractivity contribution is -0.122. The van der Waals surface area contributed by atoms with Gasteiger partial charge < -0.3 is 15.2 Å². The Kier molecular flexibility index (Phi) is 7.66. The minimum Gasteiger partial charge on any atom is -0.351 e. The van der Waals surface area contributed by atoms with Crippen molar-refractivity contribution >= 4 is 41.8 Å². The van der Waals surface area contributed by atoms with Crippen LogP contribution in [0.5, 0.6) is 0 Å². The van der Waals surface area contributed by atoms with Crippen molar-refractivity contribution in [1.82, 2.24) is 20.2 Å². The number of nitrogens with zero attached hydrogens (tertiary/aromatic N) is 2. The quantitative estimate of drug-likeness (QED) is 0.683. The first kappa shape index (κ1) is 21.2. The van der Waals surface area contributed by atoms with Crippen molar-refractivity contribution in [3.8, 4) is 0 Å². The zero-order valence-corrected chi connectivity index (χ0v) is 16.6. The Balaban J connectivity index is 0.00000131. The second-order valence-corrected chi connectivity index (χ2v) is 6.54. The molecule has 2 heterocycles. The zero-order chi connectivity index (χ0) is 17.1. The van der Waals surface area contributed by atoms with E-state index in [2.05, 4.69) is 50.5 Å². The summed E-state index contributed by atoms with van der Waals surface area (Å²) in [4.78, 5) is 16.5. The van der Waals surface area contributed by atoms with Gasteiger partial charge in [-0.2, -0.15) is 0 Å². The number of rotatable bonds is 5. The molecule has 4 rings (SSSR count). The molecule has 0 radical (unpaired) electrons. The van der Waals surface area contributed by atoms with Gasteiger partial charge in [-0.3, -0.25) is 4.79 Å². The summed E-state index contributed by atoms with van der Waals surface area (Å²) in [7, 11) is 0. The minimum atomic E-state index is -0.0196. The van der Waals surface area contributed by atoms with Crippen LogP contribution in [0.25, 0.3) is 11.0 Å². The first-order valence-corrected chi connectivity index (χ1v) is 8.78. The van der Waals surface area contributed by atoms with Gasteiger partial charge in [-0.05, 0) is 42.6 Å². The van der Waals surface area contributed by atoms with Crippen LogP contribution in [0.2, 0.25) is 0 Å². The highest BCUT2D eigenvalue weighted by atomic mass is 35.5. The number of halogens is 2. The third-order valence-corrected chi connectivity index (χ3v) is 4.75. The van der Waals surface area contributed by atoms with Crippen molar-refractivity contribution in [2.75, 3.05) is 6.54 Å². The first-order chi connectivity index (χ1) is 12.3. The average Bonchev–Trinajstić information content (AvgIpc) is 3.32. The van der Waals surface area contributed by atoms with E-state index in [1.54, 1.807) is 0 Å². The zero-order valence-electron chi connectivity index (χ0n) is 14.9. The fourth-order valence-electron chi connectivity index (χ4n) is 3.32. The second-order valence-electron chi connectivity index (χ2n) is 6.54. The van der Waals surface area contributed by atoms with Gasteiger partial charge in [-0.25, -0.2) is 4.98 Å². The Morgan fingerprint density at radius 2 is 1.85 bits per heavy atom. The molecule has 5 nitrogen and oxygen atoms in total. The Morgan fingerprint density at radius 3 is 2.59 bits per heavy atom. The number of nitrogens with one attached hydrogen (secondary N) is 2. The predicted octanol–water partition coefficient (Wildman–Crippen LogP) is 3.30. The summed E-state index contributed by atoms with van der Waals surface area (Å²) in [5.74, 6) is 0.103. The molecule has 1 amide bonds. The lowest BCUT2D eigenvalue weighted by Gasteiger charge is -2.11. The van der Waals surface area contributed by atoms with Crippen molar-refractivity contribution in [2.24, 2.45) is 0 Å². The number of carbonyl (C=O) groups is 1. The van der Waals surface area contributed by atoms with Crippen LogP contribution in [0.3, 0.4) is 0 Å². The molecule has 1 aliphatic heterocycles. The maximum atomic E-state index is 12.0. The number of carbonyl (C=O) groups excluding carboxylic acids is 1. The van der Waals surface area contributed by atoms with Crippen molar-refractivity contribution in [3.63, 3.8) is 0 Å². The SMILES string of the molecule is Cl.Cl.O=C(NCc1ccc(Cn2cnc3ccccc32)cc1)C1CCCN1. The maximum Gasteiger partial charge on any atom is 0.237 e. The van der Waals surface area contributed by atoms with Gasteiger partial charge in [-0.15, -0.1) is 24.8 Å². The fraction of sp³-hybridized carbons (Fsp3) is 0.300. The van der Waals surface area contributed by atoms with E-state index in [0.717, 1.165) is 42.5 Å². The van der Waals surface area contributed by atoms with Crippen LogP contribution >= 0.6 is 24.8 Å². The lowest BCUT2D eigenvalue weighted by atomic mass is 10.1. The highest BCUT2D eigenvalue weighted by Gasteiger charge is 2.21. The average molecular weight is 407 g/mol. The monoisotopic (exact) mass is 406 g/mol. The molecule has 1 saturated heterocycles. The van der Waals surface area contributed by atoms with Crippen LogP contribution in [0, 0.1) is 0 Å². The van der Waals surface area contributed by atoms with Gasteiger partial charge in [0.05, 0.1) is 23.4 Å². The number of para-hydroxylation sites is 2. The van der Waals surface area contributed by atoms with E-state index < -0.39 is 0 Å². The van der Waals surface area contributed by atoms with Crippen molar-refractivity contribution < 1.29 is 4.79 Å². The van der Waals surface area contributed by atoms with Gasteiger partial charge in [-0.1, -0.05) is 36.4 Å². The second kappa shape index (κ2) is 9.74. The standard InChI is InChI=1S/C20H22N4O.2ClH/c25-20(18-5-3-11-21-18)22-12-15-7-9-16(10-8-15)13-24-14-23-17-4-1-2-6-19(17)24;;/h1-2,4,6-10,14,18,21H,3,5,11-13H2,(H,22,25);2*1H. The Hall–Kier alpha value is -2.08. The summed E-state index contributed by atoms with van der Waals surface area (Å²) in [5.41, 5.74) is 4.49. The van der Waals surface area contributed by atoms with Crippen molar-refractivity contribution in [3.05, 3.63) is 66.0 Å². The van der Waals surface area contributed by atoms with Gasteiger partial charge in [0.1, 0.15) is 0 Å². The fourth-order valence-corrected chi connectivity index (χ4v) is 3.32. The van der Waals surface area contributed by atoms with E-state index in [-0.39, 0.29) is 36.8 Å². The lowest BCUT2D eigenvalue weighted by Crippen LogP contribution is -2.39. The van der Waals surface area contributed by atoms with Crippen LogP contribution in [-0.4, -0.2) is 28.0 Å². The van der Waals surface area contributed by atoms with Gasteiger partial charge in [0.25, 0.3) is 0 Å². The molecular formula is C20H24Cl2N4O. The van der Waals surface area contributed by atoms with Crippen LogP contribution in [0.4, 0.5) is 0 Å². The normalized spacial score (nSPS) is 15.8. The summed E-state index contributed by atoms with van der Waals surface area (Å²) in [6.45, 7) is 2.31. The molecule has 1 aromatic heterocycles. The Morgan fingerprint density at radius 1 is 1.11 bits per heavy atom. The number of amides is 1. The molecule has 1 aliphatic rings. The van der Waals surface area contributed by atoms with E-state index in [1.165, 1.54) is 5.56 Å². The number of imidazole rings is 1. The van der Waals surface area contributed by atoms with Gasteiger partial charge in [0, 0.05) is 13.1 Å².